The summed E-state index contributed by atoms with van der Waals surface area (Å²) in [6.45, 7) is 4.68. The molecule has 1 atom stereocenters. The Morgan fingerprint density at radius 3 is 2.44 bits per heavy atom. The summed E-state index contributed by atoms with van der Waals surface area (Å²) in [4.78, 5) is 12.5. The number of amides is 1. The second kappa shape index (κ2) is 9.12. The van der Waals surface area contributed by atoms with Gasteiger partial charge >= 0.3 is 0 Å². The Balaban J connectivity index is 2.12. The molecule has 7 heteroatoms. The third kappa shape index (κ3) is 6.26. The highest BCUT2D eigenvalue weighted by Crippen LogP contribution is 2.16. The number of hydrogen-bond acceptors (Lipinski definition) is 4. The van der Waals surface area contributed by atoms with Crippen LogP contribution in [0.5, 0.6) is 0 Å². The fourth-order valence-electron chi connectivity index (χ4n) is 2.31. The van der Waals surface area contributed by atoms with Gasteiger partial charge in [0, 0.05) is 6.54 Å². The first-order chi connectivity index (χ1) is 11.9. The second-order valence-corrected chi connectivity index (χ2v) is 9.16. The summed E-state index contributed by atoms with van der Waals surface area (Å²) in [6, 6.07) is 11.8. The molecule has 25 heavy (non-hydrogen) atoms. The average molecular weight is 381 g/mol. The molecule has 0 saturated heterocycles. The summed E-state index contributed by atoms with van der Waals surface area (Å²) < 4.78 is 27.8. The SMILES string of the molecule is CC(C)CCNC(=O)[C@@H](Cc1ccccc1)NS(=O)(=O)c1cccs1. The predicted octanol–water partition coefficient (Wildman–Crippen LogP) is 2.80. The van der Waals surface area contributed by atoms with Crippen molar-refractivity contribution in [1.29, 1.82) is 0 Å². The van der Waals surface area contributed by atoms with Gasteiger partial charge in [0.2, 0.25) is 5.91 Å². The fourth-order valence-corrected chi connectivity index (χ4v) is 4.51. The number of rotatable bonds is 9. The number of sulfonamides is 1. The van der Waals surface area contributed by atoms with Crippen LogP contribution >= 0.6 is 11.3 Å². The Morgan fingerprint density at radius 2 is 1.84 bits per heavy atom. The highest BCUT2D eigenvalue weighted by molar-refractivity contribution is 7.91. The van der Waals surface area contributed by atoms with Crippen molar-refractivity contribution in [2.75, 3.05) is 6.54 Å². The van der Waals surface area contributed by atoms with E-state index in [1.165, 1.54) is 6.07 Å². The van der Waals surface area contributed by atoms with Crippen molar-refractivity contribution in [2.45, 2.75) is 36.9 Å². The molecule has 0 aliphatic rings. The Morgan fingerprint density at radius 1 is 1.12 bits per heavy atom. The highest BCUT2D eigenvalue weighted by atomic mass is 32.2. The molecule has 0 unspecified atom stereocenters. The Labute approximate surface area is 153 Å². The zero-order chi connectivity index (χ0) is 18.3. The lowest BCUT2D eigenvalue weighted by molar-refractivity contribution is -0.122. The van der Waals surface area contributed by atoms with Crippen LogP contribution in [0.1, 0.15) is 25.8 Å². The molecule has 1 aromatic heterocycles. The van der Waals surface area contributed by atoms with Crippen LogP contribution < -0.4 is 10.0 Å². The molecule has 0 radical (unpaired) electrons. The number of hydrogen-bond donors (Lipinski definition) is 2. The van der Waals surface area contributed by atoms with Crippen molar-refractivity contribution in [1.82, 2.24) is 10.0 Å². The summed E-state index contributed by atoms with van der Waals surface area (Å²) >= 11 is 1.13. The predicted molar refractivity (Wildman–Crippen MR) is 101 cm³/mol. The number of carbonyl (C=O) groups excluding carboxylic acids is 1. The molecular formula is C18H24N2O3S2. The van der Waals surface area contributed by atoms with Crippen LogP contribution in [0, 0.1) is 5.92 Å². The van der Waals surface area contributed by atoms with Crippen LogP contribution in [-0.2, 0) is 21.2 Å². The van der Waals surface area contributed by atoms with E-state index in [0.717, 1.165) is 23.3 Å². The minimum absolute atomic E-state index is 0.209. The van der Waals surface area contributed by atoms with Crippen LogP contribution in [0.3, 0.4) is 0 Å². The molecule has 0 fully saturated rings. The van der Waals surface area contributed by atoms with Gasteiger partial charge in [-0.15, -0.1) is 11.3 Å². The third-order valence-corrected chi connectivity index (χ3v) is 6.55. The number of benzene rings is 1. The van der Waals surface area contributed by atoms with Gasteiger partial charge in [0.1, 0.15) is 10.3 Å². The van der Waals surface area contributed by atoms with E-state index in [4.69, 9.17) is 0 Å². The Bertz CT molecular complexity index is 757. The molecule has 1 aromatic carbocycles. The highest BCUT2D eigenvalue weighted by Gasteiger charge is 2.26. The van der Waals surface area contributed by atoms with Gasteiger partial charge in [0.15, 0.2) is 0 Å². The molecular weight excluding hydrogens is 356 g/mol. The summed E-state index contributed by atoms with van der Waals surface area (Å²) in [5, 5.41) is 4.54. The van der Waals surface area contributed by atoms with Gasteiger partial charge in [-0.05, 0) is 35.8 Å². The van der Waals surface area contributed by atoms with Gasteiger partial charge in [-0.25, -0.2) is 8.42 Å². The van der Waals surface area contributed by atoms with Crippen molar-refractivity contribution in [3.05, 3.63) is 53.4 Å². The lowest BCUT2D eigenvalue weighted by Gasteiger charge is -2.18. The van der Waals surface area contributed by atoms with Gasteiger partial charge in [-0.1, -0.05) is 50.2 Å². The Hall–Kier alpha value is -1.70. The molecule has 0 aliphatic heterocycles. The molecule has 1 heterocycles. The van der Waals surface area contributed by atoms with Crippen LogP contribution in [-0.4, -0.2) is 26.9 Å². The zero-order valence-corrected chi connectivity index (χ0v) is 16.1. The Kier molecular flexibility index (Phi) is 7.16. The summed E-state index contributed by atoms with van der Waals surface area (Å²) in [6.07, 6.45) is 1.15. The molecule has 0 spiro atoms. The van der Waals surface area contributed by atoms with E-state index in [-0.39, 0.29) is 10.1 Å². The van der Waals surface area contributed by atoms with Crippen LogP contribution in [0.4, 0.5) is 0 Å². The van der Waals surface area contributed by atoms with Crippen molar-refractivity contribution < 1.29 is 13.2 Å². The quantitative estimate of drug-likeness (QED) is 0.702. The van der Waals surface area contributed by atoms with Gasteiger partial charge < -0.3 is 5.32 Å². The summed E-state index contributed by atoms with van der Waals surface area (Å²) in [5.41, 5.74) is 0.903. The minimum Gasteiger partial charge on any atom is -0.355 e. The number of nitrogens with one attached hydrogen (secondary N) is 2. The van der Waals surface area contributed by atoms with Gasteiger partial charge in [0.25, 0.3) is 10.0 Å². The first kappa shape index (κ1) is 19.6. The molecule has 1 amide bonds. The second-order valence-electron chi connectivity index (χ2n) is 6.27. The first-order valence-corrected chi connectivity index (χ1v) is 10.6. The molecule has 2 aromatic rings. The first-order valence-electron chi connectivity index (χ1n) is 8.26. The molecule has 136 valence electrons. The van der Waals surface area contributed by atoms with Gasteiger partial charge in [-0.2, -0.15) is 4.72 Å². The van der Waals surface area contributed by atoms with Gasteiger partial charge in [-0.3, -0.25) is 4.79 Å². The fraction of sp³-hybridized carbons (Fsp3) is 0.389. The minimum atomic E-state index is -3.71. The van der Waals surface area contributed by atoms with E-state index in [2.05, 4.69) is 23.9 Å². The van der Waals surface area contributed by atoms with E-state index in [9.17, 15) is 13.2 Å². The molecule has 0 aliphatic carbocycles. The number of carbonyl (C=O) groups is 1. The van der Waals surface area contributed by atoms with E-state index in [0.29, 0.717) is 18.9 Å². The maximum absolute atomic E-state index is 12.5. The molecule has 2 rings (SSSR count). The van der Waals surface area contributed by atoms with E-state index >= 15 is 0 Å². The standard InChI is InChI=1S/C18H24N2O3S2/c1-14(2)10-11-19-18(21)16(13-15-7-4-3-5-8-15)20-25(22,23)17-9-6-12-24-17/h3-9,12,14,16,20H,10-11,13H2,1-2H3,(H,19,21)/t16-/m1/s1. The smallest absolute Gasteiger partial charge is 0.250 e. The number of thiophene rings is 1. The normalized spacial score (nSPS) is 12.9. The van der Waals surface area contributed by atoms with Crippen LogP contribution in [0.15, 0.2) is 52.1 Å². The lowest BCUT2D eigenvalue weighted by Crippen LogP contribution is -2.48. The topological polar surface area (TPSA) is 75.3 Å². The molecule has 0 bridgehead atoms. The lowest BCUT2D eigenvalue weighted by atomic mass is 10.1. The van der Waals surface area contributed by atoms with Crippen molar-refractivity contribution in [3.63, 3.8) is 0 Å². The van der Waals surface area contributed by atoms with E-state index < -0.39 is 16.1 Å². The largest absolute Gasteiger partial charge is 0.355 e. The molecule has 5 nitrogen and oxygen atoms in total. The monoisotopic (exact) mass is 380 g/mol. The van der Waals surface area contributed by atoms with Crippen LogP contribution in [0.25, 0.3) is 0 Å². The maximum atomic E-state index is 12.5. The zero-order valence-electron chi connectivity index (χ0n) is 14.4. The van der Waals surface area contributed by atoms with Crippen molar-refractivity contribution >= 4 is 27.3 Å². The van der Waals surface area contributed by atoms with Crippen LogP contribution in [0.2, 0.25) is 0 Å². The van der Waals surface area contributed by atoms with Crippen molar-refractivity contribution in [3.8, 4) is 0 Å². The van der Waals surface area contributed by atoms with E-state index in [1.807, 2.05) is 30.3 Å². The third-order valence-electron chi connectivity index (χ3n) is 3.68. The summed E-state index contributed by atoms with van der Waals surface area (Å²) in [7, 11) is -3.71. The molecule has 0 saturated carbocycles. The van der Waals surface area contributed by atoms with E-state index in [1.54, 1.807) is 11.4 Å². The van der Waals surface area contributed by atoms with Crippen molar-refractivity contribution in [2.24, 2.45) is 5.92 Å². The summed E-state index contributed by atoms with van der Waals surface area (Å²) in [5.74, 6) is 0.167. The van der Waals surface area contributed by atoms with Gasteiger partial charge in [0.05, 0.1) is 0 Å². The molecule has 2 N–H and O–H groups in total. The maximum Gasteiger partial charge on any atom is 0.250 e. The average Bonchev–Trinajstić information content (AvgIpc) is 3.10.